The first kappa shape index (κ1) is 16.9. The van der Waals surface area contributed by atoms with Crippen molar-refractivity contribution < 1.29 is 13.7 Å². The van der Waals surface area contributed by atoms with E-state index in [1.165, 1.54) is 6.08 Å². The smallest absolute Gasteiger partial charge is 0.398 e. The van der Waals surface area contributed by atoms with E-state index in [0.717, 1.165) is 16.7 Å². The van der Waals surface area contributed by atoms with Crippen molar-refractivity contribution >= 4 is 13.2 Å². The fourth-order valence-corrected chi connectivity index (χ4v) is 2.59. The van der Waals surface area contributed by atoms with E-state index in [9.17, 15) is 4.39 Å². The molecule has 24 heavy (non-hydrogen) atoms. The molecule has 0 saturated carbocycles. The van der Waals surface area contributed by atoms with Crippen molar-refractivity contribution in [2.24, 2.45) is 0 Å². The Labute approximate surface area is 143 Å². The van der Waals surface area contributed by atoms with E-state index in [4.69, 9.17) is 9.31 Å². The van der Waals surface area contributed by atoms with Gasteiger partial charge in [0.15, 0.2) is 0 Å². The van der Waals surface area contributed by atoms with Crippen LogP contribution in [0.15, 0.2) is 60.3 Å². The summed E-state index contributed by atoms with van der Waals surface area (Å²) < 4.78 is 26.0. The Bertz CT molecular complexity index is 720. The minimum Gasteiger partial charge on any atom is -0.398 e. The molecule has 124 valence electrons. The predicted octanol–water partition coefficient (Wildman–Crippen LogP) is 5.30. The maximum absolute atomic E-state index is 14.5. The SMILES string of the molecule is CC1(C)OB(C(F)=Cc2ccc(-c3ccccc3)cc2)OC1(C)C. The van der Waals surface area contributed by atoms with Gasteiger partial charge in [0.05, 0.1) is 11.2 Å². The fourth-order valence-electron chi connectivity index (χ4n) is 2.59. The Hall–Kier alpha value is -1.91. The predicted molar refractivity (Wildman–Crippen MR) is 97.0 cm³/mol. The average Bonchev–Trinajstić information content (AvgIpc) is 2.77. The van der Waals surface area contributed by atoms with E-state index in [-0.39, 0.29) is 0 Å². The monoisotopic (exact) mass is 324 g/mol. The molecule has 0 aliphatic carbocycles. The maximum atomic E-state index is 14.5. The largest absolute Gasteiger partial charge is 0.525 e. The molecule has 0 amide bonds. The molecule has 0 bridgehead atoms. The molecule has 0 spiro atoms. The molecule has 0 N–H and O–H groups in total. The van der Waals surface area contributed by atoms with Gasteiger partial charge in [-0.25, -0.2) is 4.39 Å². The molecule has 1 fully saturated rings. The first-order valence-electron chi connectivity index (χ1n) is 8.17. The zero-order valence-electron chi connectivity index (χ0n) is 14.5. The first-order chi connectivity index (χ1) is 11.3. The van der Waals surface area contributed by atoms with E-state index in [0.29, 0.717) is 0 Å². The second-order valence-electron chi connectivity index (χ2n) is 7.11. The van der Waals surface area contributed by atoms with Crippen LogP contribution in [0.5, 0.6) is 0 Å². The summed E-state index contributed by atoms with van der Waals surface area (Å²) in [5.74, 6) is 0. The van der Waals surface area contributed by atoms with E-state index in [1.54, 1.807) is 0 Å². The zero-order chi connectivity index (χ0) is 17.4. The molecule has 0 radical (unpaired) electrons. The summed E-state index contributed by atoms with van der Waals surface area (Å²) in [7, 11) is -0.955. The van der Waals surface area contributed by atoms with Crippen LogP contribution < -0.4 is 0 Å². The molecule has 1 heterocycles. The number of benzene rings is 2. The molecule has 2 aromatic rings. The quantitative estimate of drug-likeness (QED) is 0.714. The summed E-state index contributed by atoms with van der Waals surface area (Å²) in [5, 5.41) is 0. The number of hydrogen-bond acceptors (Lipinski definition) is 2. The van der Waals surface area contributed by atoms with Crippen LogP contribution in [0.4, 0.5) is 4.39 Å². The second kappa shape index (κ2) is 6.19. The van der Waals surface area contributed by atoms with Crippen molar-refractivity contribution in [3.8, 4) is 11.1 Å². The second-order valence-corrected chi connectivity index (χ2v) is 7.11. The van der Waals surface area contributed by atoms with Gasteiger partial charge in [0, 0.05) is 0 Å². The molecular weight excluding hydrogens is 302 g/mol. The Balaban J connectivity index is 1.77. The first-order valence-corrected chi connectivity index (χ1v) is 8.17. The van der Waals surface area contributed by atoms with Gasteiger partial charge in [0.2, 0.25) is 0 Å². The van der Waals surface area contributed by atoms with Crippen molar-refractivity contribution in [2.45, 2.75) is 38.9 Å². The van der Waals surface area contributed by atoms with Gasteiger partial charge in [-0.2, -0.15) is 0 Å². The van der Waals surface area contributed by atoms with Gasteiger partial charge in [-0.1, -0.05) is 54.6 Å². The van der Waals surface area contributed by atoms with Gasteiger partial charge in [-0.15, -0.1) is 0 Å². The van der Waals surface area contributed by atoms with Gasteiger partial charge in [0.1, 0.15) is 5.73 Å². The topological polar surface area (TPSA) is 18.5 Å². The summed E-state index contributed by atoms with van der Waals surface area (Å²) >= 11 is 0. The lowest BCUT2D eigenvalue weighted by Gasteiger charge is -2.32. The Morgan fingerprint density at radius 2 is 1.33 bits per heavy atom. The van der Waals surface area contributed by atoms with Crippen molar-refractivity contribution in [3.63, 3.8) is 0 Å². The van der Waals surface area contributed by atoms with Crippen LogP contribution in [-0.2, 0) is 9.31 Å². The molecule has 1 saturated heterocycles. The highest BCUT2D eigenvalue weighted by molar-refractivity contribution is 6.54. The molecule has 2 aromatic carbocycles. The summed E-state index contributed by atoms with van der Waals surface area (Å²) in [4.78, 5) is 0. The van der Waals surface area contributed by atoms with Crippen LogP contribution in [0.2, 0.25) is 0 Å². The van der Waals surface area contributed by atoms with E-state index in [2.05, 4.69) is 12.1 Å². The molecule has 0 aromatic heterocycles. The summed E-state index contributed by atoms with van der Waals surface area (Å²) in [6, 6.07) is 17.9. The van der Waals surface area contributed by atoms with Crippen LogP contribution in [-0.4, -0.2) is 18.3 Å². The molecular formula is C20H22BFO2. The lowest BCUT2D eigenvalue weighted by molar-refractivity contribution is 0.00578. The highest BCUT2D eigenvalue weighted by atomic mass is 19.1. The van der Waals surface area contributed by atoms with E-state index in [1.807, 2.05) is 70.2 Å². The molecule has 3 rings (SSSR count). The summed E-state index contributed by atoms with van der Waals surface area (Å²) in [6.45, 7) is 7.65. The lowest BCUT2D eigenvalue weighted by Crippen LogP contribution is -2.41. The summed E-state index contributed by atoms with van der Waals surface area (Å²) in [6.07, 6.45) is 1.47. The normalized spacial score (nSPS) is 19.5. The molecule has 2 nitrogen and oxygen atoms in total. The number of hydrogen-bond donors (Lipinski definition) is 0. The highest BCUT2D eigenvalue weighted by Crippen LogP contribution is 2.39. The fraction of sp³-hybridized carbons (Fsp3) is 0.300. The van der Waals surface area contributed by atoms with Gasteiger partial charge in [0.25, 0.3) is 0 Å². The van der Waals surface area contributed by atoms with Crippen LogP contribution in [0.25, 0.3) is 17.2 Å². The standard InChI is InChI=1S/C20H22BFO2/c1-19(2)20(3,4)24-21(23-19)18(22)14-15-10-12-17(13-11-15)16-8-6-5-7-9-16/h5-14H,1-4H3. The van der Waals surface area contributed by atoms with E-state index < -0.39 is 24.0 Å². The van der Waals surface area contributed by atoms with Gasteiger partial charge >= 0.3 is 7.12 Å². The van der Waals surface area contributed by atoms with Gasteiger partial charge in [-0.3, -0.25) is 0 Å². The van der Waals surface area contributed by atoms with Crippen LogP contribution in [0, 0.1) is 0 Å². The zero-order valence-corrected chi connectivity index (χ0v) is 14.5. The van der Waals surface area contributed by atoms with Gasteiger partial charge in [-0.05, 0) is 50.5 Å². The molecule has 4 heteroatoms. The molecule has 1 aliphatic rings. The third-order valence-electron chi connectivity index (χ3n) is 4.80. The van der Waals surface area contributed by atoms with Crippen molar-refractivity contribution in [1.29, 1.82) is 0 Å². The van der Waals surface area contributed by atoms with Crippen molar-refractivity contribution in [3.05, 3.63) is 65.9 Å². The number of rotatable bonds is 3. The third kappa shape index (κ3) is 3.30. The average molecular weight is 324 g/mol. The molecule has 0 atom stereocenters. The lowest BCUT2D eigenvalue weighted by atomic mass is 9.86. The van der Waals surface area contributed by atoms with Crippen LogP contribution in [0.3, 0.4) is 0 Å². The Kier molecular flexibility index (Phi) is 4.37. The number of halogens is 1. The maximum Gasteiger partial charge on any atom is 0.525 e. The van der Waals surface area contributed by atoms with Crippen LogP contribution >= 0.6 is 0 Å². The minimum absolute atomic E-state index is 0.416. The minimum atomic E-state index is -0.955. The third-order valence-corrected chi connectivity index (χ3v) is 4.80. The van der Waals surface area contributed by atoms with Crippen molar-refractivity contribution in [2.75, 3.05) is 0 Å². The van der Waals surface area contributed by atoms with Gasteiger partial charge < -0.3 is 9.31 Å². The molecule has 1 aliphatic heterocycles. The Morgan fingerprint density at radius 3 is 1.88 bits per heavy atom. The summed E-state index contributed by atoms with van der Waals surface area (Å²) in [5.41, 5.74) is 1.52. The van der Waals surface area contributed by atoms with Crippen LogP contribution in [0.1, 0.15) is 33.3 Å². The molecule has 0 unspecified atom stereocenters. The van der Waals surface area contributed by atoms with Crippen molar-refractivity contribution in [1.82, 2.24) is 0 Å². The Morgan fingerprint density at radius 1 is 0.833 bits per heavy atom. The van der Waals surface area contributed by atoms with E-state index >= 15 is 0 Å². The highest BCUT2D eigenvalue weighted by Gasteiger charge is 2.53.